The van der Waals surface area contributed by atoms with Gasteiger partial charge in [0.2, 0.25) is 0 Å². The van der Waals surface area contributed by atoms with E-state index in [1.807, 2.05) is 60.1 Å². The van der Waals surface area contributed by atoms with Crippen LogP contribution in [0.25, 0.3) is 11.0 Å². The molecule has 0 bridgehead atoms. The summed E-state index contributed by atoms with van der Waals surface area (Å²) in [7, 11) is 3.25. The van der Waals surface area contributed by atoms with Crippen LogP contribution >= 0.6 is 0 Å². The molecule has 0 saturated carbocycles. The van der Waals surface area contributed by atoms with E-state index < -0.39 is 11.9 Å². The highest BCUT2D eigenvalue weighted by atomic mass is 16.5. The van der Waals surface area contributed by atoms with Gasteiger partial charge in [0.1, 0.15) is 29.9 Å². The van der Waals surface area contributed by atoms with Crippen molar-refractivity contribution in [2.24, 2.45) is 13.0 Å². The van der Waals surface area contributed by atoms with Crippen LogP contribution in [0.1, 0.15) is 18.3 Å². The van der Waals surface area contributed by atoms with Gasteiger partial charge >= 0.3 is 5.97 Å². The number of ketones is 1. The fourth-order valence-corrected chi connectivity index (χ4v) is 2.97. The van der Waals surface area contributed by atoms with E-state index in [2.05, 4.69) is 4.98 Å². The number of aryl methyl sites for hydroxylation is 1. The molecule has 3 rings (SSSR count). The lowest BCUT2D eigenvalue weighted by atomic mass is 9.96. The normalized spacial score (nSPS) is 12.0. The van der Waals surface area contributed by atoms with Crippen LogP contribution in [0.2, 0.25) is 0 Å². The molecule has 0 amide bonds. The maximum Gasteiger partial charge on any atom is 0.316 e. The molecule has 1 aromatic heterocycles. The Morgan fingerprint density at radius 3 is 2.44 bits per heavy atom. The molecule has 3 aromatic rings. The summed E-state index contributed by atoms with van der Waals surface area (Å²) in [5.74, 6) is 0.0429. The summed E-state index contributed by atoms with van der Waals surface area (Å²) in [4.78, 5) is 27.9. The molecule has 0 saturated heterocycles. The first-order valence-corrected chi connectivity index (χ1v) is 8.70. The molecule has 0 N–H and O–H groups in total. The number of hydrogen-bond donors (Lipinski definition) is 0. The molecule has 0 fully saturated rings. The molecule has 1 unspecified atom stereocenters. The molecule has 6 nitrogen and oxygen atoms in total. The first kappa shape index (κ1) is 18.6. The topological polar surface area (TPSA) is 70.4 Å². The van der Waals surface area contributed by atoms with Crippen molar-refractivity contribution in [1.29, 1.82) is 0 Å². The molecule has 1 heterocycles. The van der Waals surface area contributed by atoms with Crippen LogP contribution < -0.4 is 4.74 Å². The third-order valence-corrected chi connectivity index (χ3v) is 4.59. The molecule has 27 heavy (non-hydrogen) atoms. The number of imidazole rings is 1. The third-order valence-electron chi connectivity index (χ3n) is 4.59. The Balaban J connectivity index is 1.66. The number of benzene rings is 2. The second-order valence-electron chi connectivity index (χ2n) is 6.40. The smallest absolute Gasteiger partial charge is 0.316 e. The molecular formula is C21H22N2O4. The van der Waals surface area contributed by atoms with Crippen molar-refractivity contribution in [1.82, 2.24) is 9.55 Å². The minimum atomic E-state index is -0.776. The van der Waals surface area contributed by atoms with Gasteiger partial charge in [-0.25, -0.2) is 4.98 Å². The lowest BCUT2D eigenvalue weighted by Gasteiger charge is -2.12. The van der Waals surface area contributed by atoms with E-state index in [0.717, 1.165) is 22.4 Å². The molecule has 1 atom stereocenters. The predicted octanol–water partition coefficient (Wildman–Crippen LogP) is 3.07. The Bertz CT molecular complexity index is 960. The van der Waals surface area contributed by atoms with E-state index in [0.29, 0.717) is 18.8 Å². The number of carbonyl (C=O) groups is 2. The van der Waals surface area contributed by atoms with Crippen LogP contribution in [-0.2, 0) is 34.4 Å². The Morgan fingerprint density at radius 2 is 1.81 bits per heavy atom. The number of esters is 1. The van der Waals surface area contributed by atoms with Gasteiger partial charge < -0.3 is 14.0 Å². The summed E-state index contributed by atoms with van der Waals surface area (Å²) in [5.41, 5.74) is 2.87. The van der Waals surface area contributed by atoms with Gasteiger partial charge in [-0.3, -0.25) is 9.59 Å². The molecule has 0 aliphatic heterocycles. The maximum atomic E-state index is 11.7. The number of nitrogens with zero attached hydrogens (tertiary/aromatic N) is 2. The minimum Gasteiger partial charge on any atom is -0.486 e. The number of fused-ring (bicyclic) bond motifs is 1. The highest BCUT2D eigenvalue weighted by molar-refractivity contribution is 5.97. The van der Waals surface area contributed by atoms with Crippen molar-refractivity contribution >= 4 is 22.8 Å². The molecule has 6 heteroatoms. The fourth-order valence-electron chi connectivity index (χ4n) is 2.97. The van der Waals surface area contributed by atoms with Gasteiger partial charge in [0.15, 0.2) is 0 Å². The third kappa shape index (κ3) is 4.16. The quantitative estimate of drug-likeness (QED) is 0.475. The fraction of sp³-hybridized carbons (Fsp3) is 0.286. The van der Waals surface area contributed by atoms with Crippen LogP contribution in [0.4, 0.5) is 0 Å². The van der Waals surface area contributed by atoms with E-state index in [4.69, 9.17) is 9.47 Å². The van der Waals surface area contributed by atoms with Gasteiger partial charge in [-0.1, -0.05) is 24.3 Å². The standard InChI is InChI=1S/C21H22N2O4/c1-14(24)17(21(25)26-3)12-15-8-10-16(11-9-15)27-13-20-22-18-6-4-5-7-19(18)23(20)2/h4-11,17H,12-13H2,1-3H3. The van der Waals surface area contributed by atoms with Crippen molar-refractivity contribution < 1.29 is 19.1 Å². The summed E-state index contributed by atoms with van der Waals surface area (Å²) >= 11 is 0. The number of aromatic nitrogens is 2. The van der Waals surface area contributed by atoms with Crippen molar-refractivity contribution in [3.63, 3.8) is 0 Å². The first-order valence-electron chi connectivity index (χ1n) is 8.70. The minimum absolute atomic E-state index is 0.205. The number of para-hydroxylation sites is 2. The van der Waals surface area contributed by atoms with Gasteiger partial charge in [-0.15, -0.1) is 0 Å². The maximum absolute atomic E-state index is 11.7. The van der Waals surface area contributed by atoms with Crippen LogP contribution in [0.3, 0.4) is 0 Å². The lowest BCUT2D eigenvalue weighted by Crippen LogP contribution is -2.25. The summed E-state index contributed by atoms with van der Waals surface area (Å²) in [5, 5.41) is 0. The van der Waals surface area contributed by atoms with E-state index >= 15 is 0 Å². The highest BCUT2D eigenvalue weighted by Crippen LogP contribution is 2.19. The second-order valence-corrected chi connectivity index (χ2v) is 6.40. The van der Waals surface area contributed by atoms with Crippen LogP contribution in [0.5, 0.6) is 5.75 Å². The Morgan fingerprint density at radius 1 is 1.11 bits per heavy atom. The Hall–Kier alpha value is -3.15. The molecule has 0 aliphatic carbocycles. The van der Waals surface area contributed by atoms with E-state index in [9.17, 15) is 9.59 Å². The number of hydrogen-bond acceptors (Lipinski definition) is 5. The highest BCUT2D eigenvalue weighted by Gasteiger charge is 2.24. The summed E-state index contributed by atoms with van der Waals surface area (Å²) in [6.45, 7) is 1.75. The Labute approximate surface area is 157 Å². The zero-order chi connectivity index (χ0) is 19.4. The molecular weight excluding hydrogens is 344 g/mol. The lowest BCUT2D eigenvalue weighted by molar-refractivity contribution is -0.148. The largest absolute Gasteiger partial charge is 0.486 e. The molecule has 0 radical (unpaired) electrons. The number of methoxy groups -OCH3 is 1. The number of carbonyl (C=O) groups excluding carboxylic acids is 2. The average molecular weight is 366 g/mol. The van der Waals surface area contributed by atoms with Crippen LogP contribution in [-0.4, -0.2) is 28.4 Å². The van der Waals surface area contributed by atoms with Crippen molar-refractivity contribution in [3.05, 3.63) is 59.9 Å². The van der Waals surface area contributed by atoms with Crippen molar-refractivity contribution in [2.45, 2.75) is 20.0 Å². The predicted molar refractivity (Wildman–Crippen MR) is 101 cm³/mol. The summed E-state index contributed by atoms with van der Waals surface area (Å²) in [6, 6.07) is 15.3. The van der Waals surface area contributed by atoms with Gasteiger partial charge in [0.05, 0.1) is 18.1 Å². The SMILES string of the molecule is COC(=O)C(Cc1ccc(OCc2nc3ccccc3n2C)cc1)C(C)=O. The molecule has 0 aliphatic rings. The van der Waals surface area contributed by atoms with E-state index in [1.54, 1.807) is 0 Å². The molecule has 0 spiro atoms. The van der Waals surface area contributed by atoms with Crippen molar-refractivity contribution in [3.8, 4) is 5.75 Å². The van der Waals surface area contributed by atoms with Gasteiger partial charge in [0, 0.05) is 7.05 Å². The van der Waals surface area contributed by atoms with E-state index in [1.165, 1.54) is 14.0 Å². The zero-order valence-corrected chi connectivity index (χ0v) is 15.6. The number of Topliss-reactive ketones (excluding diaryl/α,β-unsaturated/α-hetero) is 1. The average Bonchev–Trinajstić information content (AvgIpc) is 3.00. The number of ether oxygens (including phenoxy) is 2. The Kier molecular flexibility index (Phi) is 5.54. The van der Waals surface area contributed by atoms with Crippen molar-refractivity contribution in [2.75, 3.05) is 7.11 Å². The van der Waals surface area contributed by atoms with E-state index in [-0.39, 0.29) is 5.78 Å². The van der Waals surface area contributed by atoms with Gasteiger partial charge in [-0.05, 0) is 43.2 Å². The first-order chi connectivity index (χ1) is 13.0. The summed E-state index contributed by atoms with van der Waals surface area (Å²) in [6.07, 6.45) is 0.313. The summed E-state index contributed by atoms with van der Waals surface area (Å²) < 4.78 is 12.5. The zero-order valence-electron chi connectivity index (χ0n) is 15.6. The van der Waals surface area contributed by atoms with Gasteiger partial charge in [0.25, 0.3) is 0 Å². The molecule has 140 valence electrons. The monoisotopic (exact) mass is 366 g/mol. The van der Waals surface area contributed by atoms with Crippen LogP contribution in [0.15, 0.2) is 48.5 Å². The van der Waals surface area contributed by atoms with Crippen LogP contribution in [0, 0.1) is 5.92 Å². The van der Waals surface area contributed by atoms with Gasteiger partial charge in [-0.2, -0.15) is 0 Å². The molecule has 2 aromatic carbocycles. The second kappa shape index (κ2) is 8.03. The number of rotatable bonds is 7.